The van der Waals surface area contributed by atoms with Gasteiger partial charge in [-0.15, -0.1) is 0 Å². The zero-order chi connectivity index (χ0) is 22.3. The molecule has 0 atom stereocenters. The van der Waals surface area contributed by atoms with Crippen molar-refractivity contribution >= 4 is 20.0 Å². The number of piperidine rings is 1. The number of hydrogen-bond donors (Lipinski definition) is 1. The minimum Gasteiger partial charge on any atom is -0.494 e. The number of sulfonamides is 2. The predicted octanol–water partition coefficient (Wildman–Crippen LogP) is 2.62. The van der Waals surface area contributed by atoms with Crippen LogP contribution < -0.4 is 14.2 Å². The van der Waals surface area contributed by atoms with Gasteiger partial charge in [-0.3, -0.25) is 0 Å². The largest absolute Gasteiger partial charge is 0.494 e. The Balaban J connectivity index is 1.50. The highest BCUT2D eigenvalue weighted by atomic mass is 32.2. The van der Waals surface area contributed by atoms with Gasteiger partial charge in [0.25, 0.3) is 0 Å². The fourth-order valence-corrected chi connectivity index (χ4v) is 5.80. The Kier molecular flexibility index (Phi) is 7.93. The van der Waals surface area contributed by atoms with Gasteiger partial charge in [-0.2, -0.15) is 4.31 Å². The number of nitrogens with one attached hydrogen (secondary N) is 1. The lowest BCUT2D eigenvalue weighted by atomic mass is 10.2. The fourth-order valence-electron chi connectivity index (χ4n) is 3.27. The Bertz CT molecular complexity index is 1050. The summed E-state index contributed by atoms with van der Waals surface area (Å²) in [6.45, 7) is 3.64. The number of benzene rings is 2. The van der Waals surface area contributed by atoms with Gasteiger partial charge in [0.2, 0.25) is 20.0 Å². The number of rotatable bonds is 10. The molecule has 1 fully saturated rings. The molecule has 3 rings (SSSR count). The molecule has 10 heteroatoms. The van der Waals surface area contributed by atoms with Crippen LogP contribution in [0, 0.1) is 0 Å². The van der Waals surface area contributed by atoms with Gasteiger partial charge in [0.15, 0.2) is 0 Å². The van der Waals surface area contributed by atoms with Crippen LogP contribution in [-0.4, -0.2) is 54.0 Å². The molecule has 0 aliphatic carbocycles. The zero-order valence-electron chi connectivity index (χ0n) is 17.5. The van der Waals surface area contributed by atoms with Gasteiger partial charge in [0.1, 0.15) is 18.1 Å². The number of hydrogen-bond acceptors (Lipinski definition) is 6. The molecule has 0 aromatic heterocycles. The van der Waals surface area contributed by atoms with Crippen molar-refractivity contribution in [2.24, 2.45) is 0 Å². The monoisotopic (exact) mass is 468 g/mol. The van der Waals surface area contributed by atoms with Crippen LogP contribution in [0.15, 0.2) is 58.3 Å². The van der Waals surface area contributed by atoms with E-state index in [0.29, 0.717) is 31.2 Å². The third kappa shape index (κ3) is 6.19. The fraction of sp³-hybridized carbons (Fsp3) is 0.429. The summed E-state index contributed by atoms with van der Waals surface area (Å²) in [6, 6.07) is 12.4. The molecule has 1 saturated heterocycles. The Morgan fingerprint density at radius 2 is 1.35 bits per heavy atom. The molecular weight excluding hydrogens is 440 g/mol. The van der Waals surface area contributed by atoms with E-state index in [0.717, 1.165) is 19.3 Å². The van der Waals surface area contributed by atoms with Crippen LogP contribution in [0.4, 0.5) is 0 Å². The Morgan fingerprint density at radius 1 is 0.806 bits per heavy atom. The summed E-state index contributed by atoms with van der Waals surface area (Å²) in [5.74, 6) is 1.08. The second kappa shape index (κ2) is 10.4. The molecule has 0 radical (unpaired) electrons. The van der Waals surface area contributed by atoms with Gasteiger partial charge in [0.05, 0.1) is 16.4 Å². The van der Waals surface area contributed by atoms with Crippen molar-refractivity contribution in [1.29, 1.82) is 0 Å². The van der Waals surface area contributed by atoms with Crippen LogP contribution in [-0.2, 0) is 20.0 Å². The lowest BCUT2D eigenvalue weighted by Crippen LogP contribution is -2.35. The van der Waals surface area contributed by atoms with E-state index in [4.69, 9.17) is 9.47 Å². The van der Waals surface area contributed by atoms with E-state index in [1.807, 2.05) is 6.92 Å². The summed E-state index contributed by atoms with van der Waals surface area (Å²) >= 11 is 0. The maximum atomic E-state index is 12.7. The zero-order valence-corrected chi connectivity index (χ0v) is 19.1. The molecule has 1 aliphatic rings. The molecule has 31 heavy (non-hydrogen) atoms. The summed E-state index contributed by atoms with van der Waals surface area (Å²) in [6.07, 6.45) is 2.82. The van der Waals surface area contributed by atoms with Crippen molar-refractivity contribution in [3.63, 3.8) is 0 Å². The predicted molar refractivity (Wildman–Crippen MR) is 117 cm³/mol. The molecule has 0 spiro atoms. The standard InChI is InChI=1S/C21H28N2O6S2/c1-2-28-18-6-10-20(11-7-18)30(24,25)22-14-17-29-19-8-12-21(13-9-19)31(26,27)23-15-4-3-5-16-23/h6-13,22H,2-5,14-17H2,1H3. The first kappa shape index (κ1) is 23.5. The summed E-state index contributed by atoms with van der Waals surface area (Å²) in [5, 5.41) is 0. The van der Waals surface area contributed by atoms with Crippen molar-refractivity contribution in [3.8, 4) is 11.5 Å². The second-order valence-corrected chi connectivity index (χ2v) is 10.8. The van der Waals surface area contributed by atoms with Gasteiger partial charge < -0.3 is 9.47 Å². The quantitative estimate of drug-likeness (QED) is 0.538. The summed E-state index contributed by atoms with van der Waals surface area (Å²) in [4.78, 5) is 0.376. The number of nitrogens with zero attached hydrogens (tertiary/aromatic N) is 1. The van der Waals surface area contributed by atoms with E-state index in [2.05, 4.69) is 4.72 Å². The molecule has 0 saturated carbocycles. The summed E-state index contributed by atoms with van der Waals surface area (Å²) < 4.78 is 64.9. The Morgan fingerprint density at radius 3 is 1.94 bits per heavy atom. The molecular formula is C21H28N2O6S2. The van der Waals surface area contributed by atoms with Crippen LogP contribution in [0.25, 0.3) is 0 Å². The van der Waals surface area contributed by atoms with Crippen LogP contribution in [0.2, 0.25) is 0 Å². The molecule has 2 aromatic rings. The van der Waals surface area contributed by atoms with Crippen LogP contribution in [0.5, 0.6) is 11.5 Å². The molecule has 0 bridgehead atoms. The molecule has 1 heterocycles. The third-order valence-electron chi connectivity index (χ3n) is 4.88. The Labute approximate surface area is 184 Å². The van der Waals surface area contributed by atoms with E-state index in [1.54, 1.807) is 24.3 Å². The maximum absolute atomic E-state index is 12.7. The minimum absolute atomic E-state index is 0.0728. The van der Waals surface area contributed by atoms with E-state index >= 15 is 0 Å². The first-order valence-electron chi connectivity index (χ1n) is 10.3. The lowest BCUT2D eigenvalue weighted by molar-refractivity contribution is 0.322. The van der Waals surface area contributed by atoms with Crippen LogP contribution in [0.1, 0.15) is 26.2 Å². The topological polar surface area (TPSA) is 102 Å². The average Bonchev–Trinajstić information content (AvgIpc) is 2.78. The third-order valence-corrected chi connectivity index (χ3v) is 8.27. The number of ether oxygens (including phenoxy) is 2. The van der Waals surface area contributed by atoms with Gasteiger partial charge in [-0.25, -0.2) is 21.6 Å². The highest BCUT2D eigenvalue weighted by molar-refractivity contribution is 7.89. The van der Waals surface area contributed by atoms with Crippen molar-refractivity contribution in [2.75, 3.05) is 32.8 Å². The van der Waals surface area contributed by atoms with Crippen molar-refractivity contribution < 1.29 is 26.3 Å². The van der Waals surface area contributed by atoms with Gasteiger partial charge in [-0.05, 0) is 68.3 Å². The van der Waals surface area contributed by atoms with E-state index in [1.165, 1.54) is 28.6 Å². The molecule has 0 amide bonds. The van der Waals surface area contributed by atoms with Gasteiger partial charge >= 0.3 is 0 Å². The molecule has 2 aromatic carbocycles. The van der Waals surface area contributed by atoms with Gasteiger partial charge in [0, 0.05) is 19.6 Å². The minimum atomic E-state index is -3.66. The van der Waals surface area contributed by atoms with E-state index in [9.17, 15) is 16.8 Å². The normalized spacial score (nSPS) is 15.5. The SMILES string of the molecule is CCOc1ccc(S(=O)(=O)NCCOc2ccc(S(=O)(=O)N3CCCCC3)cc2)cc1. The Hall–Kier alpha value is -2.14. The molecule has 1 N–H and O–H groups in total. The molecule has 170 valence electrons. The van der Waals surface area contributed by atoms with Crippen molar-refractivity contribution in [2.45, 2.75) is 36.0 Å². The molecule has 0 unspecified atom stereocenters. The maximum Gasteiger partial charge on any atom is 0.243 e. The smallest absolute Gasteiger partial charge is 0.243 e. The lowest BCUT2D eigenvalue weighted by Gasteiger charge is -2.25. The van der Waals surface area contributed by atoms with E-state index < -0.39 is 20.0 Å². The first-order chi connectivity index (χ1) is 14.8. The van der Waals surface area contributed by atoms with Crippen LogP contribution in [0.3, 0.4) is 0 Å². The highest BCUT2D eigenvalue weighted by Gasteiger charge is 2.25. The second-order valence-electron chi connectivity index (χ2n) is 7.09. The van der Waals surface area contributed by atoms with Crippen molar-refractivity contribution in [3.05, 3.63) is 48.5 Å². The van der Waals surface area contributed by atoms with Crippen LogP contribution >= 0.6 is 0 Å². The van der Waals surface area contributed by atoms with E-state index in [-0.39, 0.29) is 22.9 Å². The first-order valence-corrected chi connectivity index (χ1v) is 13.2. The summed E-state index contributed by atoms with van der Waals surface area (Å²) in [7, 11) is -7.14. The molecule has 1 aliphatic heterocycles. The van der Waals surface area contributed by atoms with Crippen molar-refractivity contribution in [1.82, 2.24) is 9.03 Å². The molecule has 8 nitrogen and oxygen atoms in total. The highest BCUT2D eigenvalue weighted by Crippen LogP contribution is 2.22. The summed E-state index contributed by atoms with van der Waals surface area (Å²) in [5.41, 5.74) is 0. The average molecular weight is 469 g/mol. The van der Waals surface area contributed by atoms with Gasteiger partial charge in [-0.1, -0.05) is 6.42 Å².